The molecule has 3 aromatic heterocycles. The van der Waals surface area contributed by atoms with E-state index in [2.05, 4.69) is 21.3 Å². The van der Waals surface area contributed by atoms with Gasteiger partial charge in [-0.2, -0.15) is 15.5 Å². The van der Waals surface area contributed by atoms with Crippen LogP contribution in [0.4, 0.5) is 5.82 Å². The average molecular weight is 341 g/mol. The van der Waals surface area contributed by atoms with Crippen molar-refractivity contribution in [3.63, 3.8) is 0 Å². The quantitative estimate of drug-likeness (QED) is 0.618. The first-order chi connectivity index (χ1) is 12.7. The molecule has 2 N–H and O–H groups in total. The van der Waals surface area contributed by atoms with Crippen molar-refractivity contribution >= 4 is 5.82 Å². The molecule has 0 saturated carbocycles. The van der Waals surface area contributed by atoms with Crippen LogP contribution in [0.25, 0.3) is 28.2 Å². The second-order valence-electron chi connectivity index (χ2n) is 5.81. The lowest BCUT2D eigenvalue weighted by atomic mass is 10.0. The number of hydrogen-bond acceptors (Lipinski definition) is 5. The van der Waals surface area contributed by atoms with E-state index in [4.69, 9.17) is 5.73 Å². The van der Waals surface area contributed by atoms with Gasteiger partial charge in [-0.3, -0.25) is 4.68 Å². The summed E-state index contributed by atoms with van der Waals surface area (Å²) in [5.41, 5.74) is 10.1. The van der Waals surface area contributed by atoms with Crippen molar-refractivity contribution < 1.29 is 0 Å². The minimum Gasteiger partial charge on any atom is -0.383 e. The summed E-state index contributed by atoms with van der Waals surface area (Å²) in [6, 6.07) is 15.6. The minimum absolute atomic E-state index is 0.179. The molecule has 4 aromatic rings. The van der Waals surface area contributed by atoms with Gasteiger partial charge in [-0.25, -0.2) is 9.67 Å². The smallest absolute Gasteiger partial charge is 0.142 e. The largest absolute Gasteiger partial charge is 0.383 e. The third kappa shape index (κ3) is 2.70. The zero-order chi connectivity index (χ0) is 18.1. The molecule has 3 heterocycles. The van der Waals surface area contributed by atoms with E-state index in [0.29, 0.717) is 22.5 Å². The molecule has 0 atom stereocenters. The molecular formula is C19H15N7. The predicted molar refractivity (Wildman–Crippen MR) is 98.1 cm³/mol. The maximum atomic E-state index is 9.46. The van der Waals surface area contributed by atoms with E-state index in [0.717, 1.165) is 11.3 Å². The molecule has 0 spiro atoms. The van der Waals surface area contributed by atoms with E-state index in [1.165, 1.54) is 0 Å². The Bertz CT molecular complexity index is 1120. The summed E-state index contributed by atoms with van der Waals surface area (Å²) in [6.07, 6.45) is 5.43. The summed E-state index contributed by atoms with van der Waals surface area (Å²) in [6.45, 7) is 0. The topological polar surface area (TPSA) is 98.3 Å². The van der Waals surface area contributed by atoms with Gasteiger partial charge in [0.1, 0.15) is 17.5 Å². The number of pyridine rings is 1. The van der Waals surface area contributed by atoms with Crippen molar-refractivity contribution in [2.24, 2.45) is 7.05 Å². The Morgan fingerprint density at radius 1 is 1.12 bits per heavy atom. The number of rotatable bonds is 3. The number of hydrogen-bond donors (Lipinski definition) is 1. The second kappa shape index (κ2) is 6.18. The maximum Gasteiger partial charge on any atom is 0.142 e. The van der Waals surface area contributed by atoms with E-state index in [-0.39, 0.29) is 5.82 Å². The second-order valence-corrected chi connectivity index (χ2v) is 5.81. The Labute approximate surface area is 149 Å². The van der Waals surface area contributed by atoms with Crippen LogP contribution < -0.4 is 5.73 Å². The lowest BCUT2D eigenvalue weighted by Crippen LogP contribution is -2.00. The van der Waals surface area contributed by atoms with Crippen molar-refractivity contribution in [3.8, 4) is 34.3 Å². The van der Waals surface area contributed by atoms with Crippen molar-refractivity contribution in [3.05, 3.63) is 66.6 Å². The van der Waals surface area contributed by atoms with Crippen molar-refractivity contribution in [1.29, 1.82) is 5.26 Å². The van der Waals surface area contributed by atoms with Gasteiger partial charge in [0.15, 0.2) is 0 Å². The van der Waals surface area contributed by atoms with Crippen LogP contribution in [-0.2, 0) is 7.05 Å². The van der Waals surface area contributed by atoms with Gasteiger partial charge >= 0.3 is 0 Å². The van der Waals surface area contributed by atoms with E-state index in [1.807, 2.05) is 61.9 Å². The highest BCUT2D eigenvalue weighted by molar-refractivity contribution is 5.78. The van der Waals surface area contributed by atoms with Gasteiger partial charge in [0.05, 0.1) is 23.3 Å². The number of benzene rings is 1. The van der Waals surface area contributed by atoms with Gasteiger partial charge in [0, 0.05) is 30.6 Å². The van der Waals surface area contributed by atoms with Crippen LogP contribution in [0.5, 0.6) is 0 Å². The molecule has 0 radical (unpaired) electrons. The molecule has 0 unspecified atom stereocenters. The third-order valence-corrected chi connectivity index (χ3v) is 4.05. The first kappa shape index (κ1) is 15.6. The van der Waals surface area contributed by atoms with Gasteiger partial charge < -0.3 is 5.73 Å². The number of nitriles is 1. The molecule has 7 heteroatoms. The zero-order valence-electron chi connectivity index (χ0n) is 14.0. The van der Waals surface area contributed by atoms with Crippen molar-refractivity contribution in [1.82, 2.24) is 24.5 Å². The molecule has 0 saturated heterocycles. The minimum atomic E-state index is 0.179. The summed E-state index contributed by atoms with van der Waals surface area (Å²) in [5, 5.41) is 18.2. The number of para-hydroxylation sites is 1. The molecule has 0 aliphatic carbocycles. The fourth-order valence-electron chi connectivity index (χ4n) is 2.77. The summed E-state index contributed by atoms with van der Waals surface area (Å²) in [7, 11) is 1.82. The Morgan fingerprint density at radius 2 is 1.92 bits per heavy atom. The van der Waals surface area contributed by atoms with Gasteiger partial charge in [-0.05, 0) is 24.3 Å². The van der Waals surface area contributed by atoms with Crippen molar-refractivity contribution in [2.75, 3.05) is 5.73 Å². The van der Waals surface area contributed by atoms with Crippen LogP contribution >= 0.6 is 0 Å². The Morgan fingerprint density at radius 3 is 2.62 bits per heavy atom. The SMILES string of the molecule is Cn1ccc(-c2cc(-c3cnn(-c4ccccc4)c3)nc(N)c2C#N)n1. The van der Waals surface area contributed by atoms with Crippen LogP contribution in [-0.4, -0.2) is 24.5 Å². The monoisotopic (exact) mass is 341 g/mol. The fraction of sp³-hybridized carbons (Fsp3) is 0.0526. The van der Waals surface area contributed by atoms with Gasteiger partial charge in [-0.15, -0.1) is 0 Å². The highest BCUT2D eigenvalue weighted by Gasteiger charge is 2.16. The standard InChI is InChI=1S/C19H15N7/c1-25-8-7-17(24-25)15-9-18(23-19(21)16(15)10-20)13-11-22-26(12-13)14-5-3-2-4-6-14/h2-9,11-12H,1H3,(H2,21,23). The van der Waals surface area contributed by atoms with Gasteiger partial charge in [-0.1, -0.05) is 18.2 Å². The molecule has 0 bridgehead atoms. The normalized spacial score (nSPS) is 10.6. The van der Waals surface area contributed by atoms with Crippen LogP contribution in [0.3, 0.4) is 0 Å². The zero-order valence-corrected chi connectivity index (χ0v) is 14.0. The van der Waals surface area contributed by atoms with Crippen LogP contribution in [0.15, 0.2) is 61.1 Å². The first-order valence-corrected chi connectivity index (χ1v) is 7.97. The van der Waals surface area contributed by atoms with E-state index < -0.39 is 0 Å². The van der Waals surface area contributed by atoms with E-state index in [9.17, 15) is 5.26 Å². The Hall–Kier alpha value is -3.92. The molecule has 7 nitrogen and oxygen atoms in total. The third-order valence-electron chi connectivity index (χ3n) is 4.05. The fourth-order valence-corrected chi connectivity index (χ4v) is 2.77. The van der Waals surface area contributed by atoms with E-state index >= 15 is 0 Å². The lowest BCUT2D eigenvalue weighted by Gasteiger charge is -2.07. The van der Waals surface area contributed by atoms with E-state index in [1.54, 1.807) is 15.6 Å². The Kier molecular flexibility index (Phi) is 3.71. The molecule has 0 amide bonds. The molecule has 0 aliphatic rings. The molecular weight excluding hydrogens is 326 g/mol. The summed E-state index contributed by atoms with van der Waals surface area (Å²) in [5.74, 6) is 0.179. The summed E-state index contributed by atoms with van der Waals surface area (Å²) < 4.78 is 3.45. The number of aryl methyl sites for hydroxylation is 1. The van der Waals surface area contributed by atoms with Crippen LogP contribution in [0.1, 0.15) is 5.56 Å². The first-order valence-electron chi connectivity index (χ1n) is 7.97. The molecule has 0 aliphatic heterocycles. The highest BCUT2D eigenvalue weighted by atomic mass is 15.3. The molecule has 4 rings (SSSR count). The number of nitrogens with zero attached hydrogens (tertiary/aromatic N) is 6. The number of aromatic nitrogens is 5. The highest BCUT2D eigenvalue weighted by Crippen LogP contribution is 2.30. The molecule has 0 fully saturated rings. The van der Waals surface area contributed by atoms with Crippen LogP contribution in [0.2, 0.25) is 0 Å². The summed E-state index contributed by atoms with van der Waals surface area (Å²) >= 11 is 0. The van der Waals surface area contributed by atoms with Gasteiger partial charge in [0.2, 0.25) is 0 Å². The molecule has 1 aromatic carbocycles. The molecule has 26 heavy (non-hydrogen) atoms. The summed E-state index contributed by atoms with van der Waals surface area (Å²) in [4.78, 5) is 4.38. The number of nitrogen functional groups attached to an aromatic ring is 1. The van der Waals surface area contributed by atoms with Crippen LogP contribution in [0, 0.1) is 11.3 Å². The Balaban J connectivity index is 1.82. The van der Waals surface area contributed by atoms with Crippen molar-refractivity contribution in [2.45, 2.75) is 0 Å². The number of anilines is 1. The van der Waals surface area contributed by atoms with Gasteiger partial charge in [0.25, 0.3) is 0 Å². The predicted octanol–water partition coefficient (Wildman–Crippen LogP) is 2.79. The lowest BCUT2D eigenvalue weighted by molar-refractivity contribution is 0.771. The average Bonchev–Trinajstić information content (AvgIpc) is 3.31. The molecule has 126 valence electrons. The number of nitrogens with two attached hydrogens (primary N) is 1. The maximum absolute atomic E-state index is 9.46.